The van der Waals surface area contributed by atoms with E-state index >= 15 is 0 Å². The van der Waals surface area contributed by atoms with Gasteiger partial charge in [-0.25, -0.2) is 0 Å². The summed E-state index contributed by atoms with van der Waals surface area (Å²) < 4.78 is 0. The smallest absolute Gasteiger partial charge is 0.167 e. The highest BCUT2D eigenvalue weighted by molar-refractivity contribution is 7.08. The topological polar surface area (TPSA) is 17.1 Å². The summed E-state index contributed by atoms with van der Waals surface area (Å²) in [5.74, 6) is 0.218. The molecule has 0 amide bonds. The van der Waals surface area contributed by atoms with Crippen LogP contribution in [0.4, 0.5) is 0 Å². The number of hydrogen-bond acceptors (Lipinski definition) is 2. The maximum atomic E-state index is 12.1. The third-order valence-electron chi connectivity index (χ3n) is 2.64. The number of aryl methyl sites for hydroxylation is 1. The standard InChI is InChI=1S/C14H14OS/c1-2-12-5-3-4-6-13(12)14(15)9-11-7-8-16-10-11/h3-8,10H,2,9H2,1H3. The highest BCUT2D eigenvalue weighted by atomic mass is 32.1. The zero-order valence-electron chi connectivity index (χ0n) is 9.27. The van der Waals surface area contributed by atoms with Gasteiger partial charge in [-0.3, -0.25) is 4.79 Å². The lowest BCUT2D eigenvalue weighted by molar-refractivity contribution is 0.0992. The van der Waals surface area contributed by atoms with Crippen LogP contribution in [0.25, 0.3) is 0 Å². The summed E-state index contributed by atoms with van der Waals surface area (Å²) in [6.45, 7) is 2.08. The van der Waals surface area contributed by atoms with E-state index in [0.29, 0.717) is 6.42 Å². The van der Waals surface area contributed by atoms with E-state index in [4.69, 9.17) is 0 Å². The Balaban J connectivity index is 2.21. The van der Waals surface area contributed by atoms with Crippen LogP contribution in [0, 0.1) is 0 Å². The Hall–Kier alpha value is -1.41. The van der Waals surface area contributed by atoms with E-state index in [1.807, 2.05) is 41.1 Å². The largest absolute Gasteiger partial charge is 0.294 e. The van der Waals surface area contributed by atoms with Crippen LogP contribution in [0.15, 0.2) is 41.1 Å². The first kappa shape index (κ1) is 11.1. The quantitative estimate of drug-likeness (QED) is 0.731. The third-order valence-corrected chi connectivity index (χ3v) is 3.38. The summed E-state index contributed by atoms with van der Waals surface area (Å²) in [5, 5.41) is 4.04. The van der Waals surface area contributed by atoms with Gasteiger partial charge in [0.15, 0.2) is 5.78 Å². The molecule has 0 unspecified atom stereocenters. The monoisotopic (exact) mass is 230 g/mol. The van der Waals surface area contributed by atoms with Crippen molar-refractivity contribution in [1.82, 2.24) is 0 Å². The first-order valence-corrected chi connectivity index (χ1v) is 6.37. The molecular formula is C14H14OS. The molecule has 1 aromatic carbocycles. The Bertz CT molecular complexity index is 471. The molecule has 0 aliphatic rings. The molecule has 0 atom stereocenters. The van der Waals surface area contributed by atoms with Crippen LogP contribution < -0.4 is 0 Å². The summed E-state index contributed by atoms with van der Waals surface area (Å²) in [7, 11) is 0. The van der Waals surface area contributed by atoms with Crippen LogP contribution in [0.1, 0.15) is 28.4 Å². The van der Waals surface area contributed by atoms with Crippen LogP contribution in [0.3, 0.4) is 0 Å². The number of ketones is 1. The average Bonchev–Trinajstić information content (AvgIpc) is 2.81. The van der Waals surface area contributed by atoms with Gasteiger partial charge in [0, 0.05) is 12.0 Å². The second kappa shape index (κ2) is 5.08. The van der Waals surface area contributed by atoms with Crippen molar-refractivity contribution in [1.29, 1.82) is 0 Å². The highest BCUT2D eigenvalue weighted by Crippen LogP contribution is 2.14. The minimum absolute atomic E-state index is 0.218. The molecule has 2 heteroatoms. The Kier molecular flexibility index (Phi) is 3.52. The lowest BCUT2D eigenvalue weighted by Crippen LogP contribution is -2.06. The van der Waals surface area contributed by atoms with Crippen LogP contribution in [-0.2, 0) is 12.8 Å². The molecule has 0 saturated carbocycles. The van der Waals surface area contributed by atoms with E-state index in [-0.39, 0.29) is 5.78 Å². The maximum absolute atomic E-state index is 12.1. The van der Waals surface area contributed by atoms with Crippen molar-refractivity contribution in [2.24, 2.45) is 0 Å². The van der Waals surface area contributed by atoms with Gasteiger partial charge in [-0.15, -0.1) is 0 Å². The molecule has 0 bridgehead atoms. The van der Waals surface area contributed by atoms with E-state index in [0.717, 1.165) is 23.1 Å². The minimum atomic E-state index is 0.218. The van der Waals surface area contributed by atoms with Crippen molar-refractivity contribution in [2.45, 2.75) is 19.8 Å². The first-order chi connectivity index (χ1) is 7.81. The fraction of sp³-hybridized carbons (Fsp3) is 0.214. The fourth-order valence-electron chi connectivity index (χ4n) is 1.77. The number of thiophene rings is 1. The molecule has 0 aliphatic heterocycles. The number of rotatable bonds is 4. The lowest BCUT2D eigenvalue weighted by Gasteiger charge is -2.05. The molecule has 1 heterocycles. The van der Waals surface area contributed by atoms with Crippen LogP contribution in [0.5, 0.6) is 0 Å². The summed E-state index contributed by atoms with van der Waals surface area (Å²) in [4.78, 5) is 12.1. The van der Waals surface area contributed by atoms with E-state index < -0.39 is 0 Å². The van der Waals surface area contributed by atoms with Gasteiger partial charge in [-0.2, -0.15) is 11.3 Å². The summed E-state index contributed by atoms with van der Waals surface area (Å²) in [5.41, 5.74) is 3.12. The molecule has 0 spiro atoms. The van der Waals surface area contributed by atoms with Crippen molar-refractivity contribution in [3.63, 3.8) is 0 Å². The summed E-state index contributed by atoms with van der Waals surface area (Å²) in [6.07, 6.45) is 1.42. The van der Waals surface area contributed by atoms with Crippen molar-refractivity contribution >= 4 is 17.1 Å². The van der Waals surface area contributed by atoms with Crippen molar-refractivity contribution < 1.29 is 4.79 Å². The molecule has 2 aromatic rings. The Morgan fingerprint density at radius 3 is 2.75 bits per heavy atom. The molecule has 0 N–H and O–H groups in total. The molecule has 1 nitrogen and oxygen atoms in total. The fourth-order valence-corrected chi connectivity index (χ4v) is 2.44. The summed E-state index contributed by atoms with van der Waals surface area (Å²) in [6, 6.07) is 9.88. The zero-order valence-corrected chi connectivity index (χ0v) is 10.1. The van der Waals surface area contributed by atoms with Gasteiger partial charge in [0.1, 0.15) is 0 Å². The van der Waals surface area contributed by atoms with Gasteiger partial charge in [0.25, 0.3) is 0 Å². The number of carbonyl (C=O) groups is 1. The van der Waals surface area contributed by atoms with E-state index in [9.17, 15) is 4.79 Å². The van der Waals surface area contributed by atoms with E-state index in [1.165, 1.54) is 0 Å². The van der Waals surface area contributed by atoms with Crippen LogP contribution >= 0.6 is 11.3 Å². The predicted molar refractivity (Wildman–Crippen MR) is 68.2 cm³/mol. The number of hydrogen-bond donors (Lipinski definition) is 0. The number of benzene rings is 1. The van der Waals surface area contributed by atoms with Crippen molar-refractivity contribution in [3.05, 3.63) is 57.8 Å². The van der Waals surface area contributed by atoms with Gasteiger partial charge in [0.2, 0.25) is 0 Å². The Morgan fingerprint density at radius 2 is 2.06 bits per heavy atom. The molecule has 1 aromatic heterocycles. The Labute approximate surface area is 99.8 Å². The molecule has 0 aliphatic carbocycles. The third kappa shape index (κ3) is 2.39. The molecule has 16 heavy (non-hydrogen) atoms. The van der Waals surface area contributed by atoms with Crippen molar-refractivity contribution in [2.75, 3.05) is 0 Å². The molecule has 0 saturated heterocycles. The van der Waals surface area contributed by atoms with E-state index in [1.54, 1.807) is 11.3 Å². The molecule has 0 radical (unpaired) electrons. The molecule has 2 rings (SSSR count). The Morgan fingerprint density at radius 1 is 1.25 bits per heavy atom. The average molecular weight is 230 g/mol. The predicted octanol–water partition coefficient (Wildman–Crippen LogP) is 3.74. The normalized spacial score (nSPS) is 10.3. The SMILES string of the molecule is CCc1ccccc1C(=O)Cc1ccsc1. The molecule has 0 fully saturated rings. The number of carbonyl (C=O) groups excluding carboxylic acids is 1. The van der Waals surface area contributed by atoms with Gasteiger partial charge < -0.3 is 0 Å². The van der Waals surface area contributed by atoms with E-state index in [2.05, 4.69) is 6.92 Å². The van der Waals surface area contributed by atoms with Crippen LogP contribution in [-0.4, -0.2) is 5.78 Å². The maximum Gasteiger partial charge on any atom is 0.167 e. The van der Waals surface area contributed by atoms with Crippen LogP contribution in [0.2, 0.25) is 0 Å². The highest BCUT2D eigenvalue weighted by Gasteiger charge is 2.10. The first-order valence-electron chi connectivity index (χ1n) is 5.43. The van der Waals surface area contributed by atoms with Gasteiger partial charge in [-0.05, 0) is 34.4 Å². The lowest BCUT2D eigenvalue weighted by atomic mass is 9.98. The second-order valence-corrected chi connectivity index (χ2v) is 4.52. The van der Waals surface area contributed by atoms with Gasteiger partial charge in [0.05, 0.1) is 0 Å². The number of Topliss-reactive ketones (excluding diaryl/α,β-unsaturated/α-hetero) is 1. The van der Waals surface area contributed by atoms with Gasteiger partial charge >= 0.3 is 0 Å². The van der Waals surface area contributed by atoms with Gasteiger partial charge in [-0.1, -0.05) is 31.2 Å². The second-order valence-electron chi connectivity index (χ2n) is 3.74. The molecular weight excluding hydrogens is 216 g/mol. The van der Waals surface area contributed by atoms with Crippen molar-refractivity contribution in [3.8, 4) is 0 Å². The zero-order chi connectivity index (χ0) is 11.4. The molecule has 82 valence electrons. The minimum Gasteiger partial charge on any atom is -0.294 e. The summed E-state index contributed by atoms with van der Waals surface area (Å²) >= 11 is 1.63.